The summed E-state index contributed by atoms with van der Waals surface area (Å²) in [5.74, 6) is -1.96. The molecule has 0 atom stereocenters. The number of aromatic hydroxyl groups is 1. The van der Waals surface area contributed by atoms with Gasteiger partial charge in [-0.25, -0.2) is 4.79 Å². The van der Waals surface area contributed by atoms with Crippen molar-refractivity contribution in [2.24, 2.45) is 0 Å². The number of nitriles is 1. The van der Waals surface area contributed by atoms with Crippen molar-refractivity contribution < 1.29 is 28.6 Å². The molecule has 184 valence electrons. The quantitative estimate of drug-likeness (QED) is 0.289. The average Bonchev–Trinajstić information content (AvgIpc) is 3.36. The Hall–Kier alpha value is -5.56. The Morgan fingerprint density at radius 1 is 0.919 bits per heavy atom. The Balaban J connectivity index is 1.50. The van der Waals surface area contributed by atoms with Gasteiger partial charge in [-0.1, -0.05) is 48.5 Å². The van der Waals surface area contributed by atoms with Crippen LogP contribution in [0.4, 0.5) is 10.5 Å². The van der Waals surface area contributed by atoms with Gasteiger partial charge in [0.2, 0.25) is 0 Å². The maximum absolute atomic E-state index is 12.9. The van der Waals surface area contributed by atoms with E-state index < -0.39 is 17.9 Å². The van der Waals surface area contributed by atoms with Crippen molar-refractivity contribution in [2.45, 2.75) is 6.61 Å². The van der Waals surface area contributed by atoms with Crippen LogP contribution in [0.2, 0.25) is 0 Å². The summed E-state index contributed by atoms with van der Waals surface area (Å²) >= 11 is 0. The SMILES string of the molecule is N#Cc1cc(C(=O)NNC(=O)c2occ(-c3ccccc3)c2COC(=O)Nc2ccccc2)ccc1O. The topological polar surface area (TPSA) is 154 Å². The van der Waals surface area contributed by atoms with Crippen LogP contribution in [0.1, 0.15) is 32.0 Å². The van der Waals surface area contributed by atoms with Crippen molar-refractivity contribution in [1.29, 1.82) is 5.26 Å². The van der Waals surface area contributed by atoms with E-state index in [0.717, 1.165) is 5.56 Å². The zero-order valence-electron chi connectivity index (χ0n) is 19.2. The summed E-state index contributed by atoms with van der Waals surface area (Å²) in [7, 11) is 0. The molecule has 1 heterocycles. The lowest BCUT2D eigenvalue weighted by molar-refractivity contribution is 0.0827. The van der Waals surface area contributed by atoms with Crippen LogP contribution in [0.5, 0.6) is 5.75 Å². The number of ether oxygens (including phenoxy) is 1. The van der Waals surface area contributed by atoms with Gasteiger partial charge in [-0.05, 0) is 35.9 Å². The number of nitrogens with one attached hydrogen (secondary N) is 3. The number of phenolic OH excluding ortho intramolecular Hbond substituents is 1. The highest BCUT2D eigenvalue weighted by molar-refractivity contribution is 5.99. The summed E-state index contributed by atoms with van der Waals surface area (Å²) in [6, 6.07) is 23.2. The minimum atomic E-state index is -0.795. The summed E-state index contributed by atoms with van der Waals surface area (Å²) in [6.07, 6.45) is 0.630. The van der Waals surface area contributed by atoms with Crippen molar-refractivity contribution in [3.63, 3.8) is 0 Å². The van der Waals surface area contributed by atoms with Crippen molar-refractivity contribution in [1.82, 2.24) is 10.9 Å². The number of furan rings is 1. The number of carbonyl (C=O) groups excluding carboxylic acids is 3. The average molecular weight is 496 g/mol. The van der Waals surface area contributed by atoms with Gasteiger partial charge >= 0.3 is 12.0 Å². The molecular weight excluding hydrogens is 476 g/mol. The van der Waals surface area contributed by atoms with Gasteiger partial charge in [0, 0.05) is 22.4 Å². The van der Waals surface area contributed by atoms with Gasteiger partial charge in [0.15, 0.2) is 5.76 Å². The van der Waals surface area contributed by atoms with Crippen LogP contribution >= 0.6 is 0 Å². The van der Waals surface area contributed by atoms with Crippen LogP contribution in [0.15, 0.2) is 89.5 Å². The van der Waals surface area contributed by atoms with Crippen molar-refractivity contribution in [2.75, 3.05) is 5.32 Å². The lowest BCUT2D eigenvalue weighted by atomic mass is 10.0. The summed E-state index contributed by atoms with van der Waals surface area (Å²) in [5.41, 5.74) is 6.51. The van der Waals surface area contributed by atoms with E-state index in [-0.39, 0.29) is 34.8 Å². The predicted molar refractivity (Wildman–Crippen MR) is 132 cm³/mol. The number of para-hydroxylation sites is 1. The molecule has 0 aliphatic rings. The predicted octanol–water partition coefficient (Wildman–Crippen LogP) is 4.35. The summed E-state index contributed by atoms with van der Waals surface area (Å²) in [4.78, 5) is 37.6. The Bertz CT molecular complexity index is 1480. The molecule has 0 fully saturated rings. The van der Waals surface area contributed by atoms with E-state index in [4.69, 9.17) is 14.4 Å². The molecule has 4 rings (SSSR count). The molecule has 0 aliphatic heterocycles. The van der Waals surface area contributed by atoms with E-state index in [1.54, 1.807) is 42.5 Å². The number of hydrogen-bond acceptors (Lipinski definition) is 7. The fourth-order valence-corrected chi connectivity index (χ4v) is 3.40. The van der Waals surface area contributed by atoms with Gasteiger partial charge < -0.3 is 14.3 Å². The number of rotatable bonds is 6. The number of amides is 3. The monoisotopic (exact) mass is 496 g/mol. The van der Waals surface area contributed by atoms with Crippen molar-refractivity contribution in [3.05, 3.63) is 108 Å². The van der Waals surface area contributed by atoms with E-state index >= 15 is 0 Å². The highest BCUT2D eigenvalue weighted by Gasteiger charge is 2.23. The van der Waals surface area contributed by atoms with Gasteiger partial charge in [-0.15, -0.1) is 0 Å². The van der Waals surface area contributed by atoms with Gasteiger partial charge in [-0.3, -0.25) is 25.8 Å². The zero-order valence-corrected chi connectivity index (χ0v) is 19.2. The maximum Gasteiger partial charge on any atom is 0.411 e. The molecule has 1 aromatic heterocycles. The van der Waals surface area contributed by atoms with Crippen LogP contribution in [0.3, 0.4) is 0 Å². The highest BCUT2D eigenvalue weighted by Crippen LogP contribution is 2.29. The molecular formula is C27H20N4O6. The molecule has 0 spiro atoms. The highest BCUT2D eigenvalue weighted by atomic mass is 16.5. The van der Waals surface area contributed by atoms with Gasteiger partial charge in [-0.2, -0.15) is 5.26 Å². The first-order chi connectivity index (χ1) is 18.0. The van der Waals surface area contributed by atoms with E-state index in [0.29, 0.717) is 11.3 Å². The Kier molecular flexibility index (Phi) is 7.46. The van der Waals surface area contributed by atoms with E-state index in [2.05, 4.69) is 16.2 Å². The first-order valence-corrected chi connectivity index (χ1v) is 10.9. The molecule has 37 heavy (non-hydrogen) atoms. The number of hydrogen-bond donors (Lipinski definition) is 4. The van der Waals surface area contributed by atoms with Gasteiger partial charge in [0.1, 0.15) is 18.4 Å². The number of benzene rings is 3. The Morgan fingerprint density at radius 2 is 1.59 bits per heavy atom. The summed E-state index contributed by atoms with van der Waals surface area (Å²) < 4.78 is 10.8. The van der Waals surface area contributed by atoms with Crippen LogP contribution in [-0.4, -0.2) is 23.0 Å². The van der Waals surface area contributed by atoms with E-state index in [1.807, 2.05) is 24.3 Å². The van der Waals surface area contributed by atoms with Gasteiger partial charge in [0.05, 0.1) is 11.8 Å². The normalized spacial score (nSPS) is 10.1. The molecule has 10 nitrogen and oxygen atoms in total. The minimum absolute atomic E-state index is 0.0419. The molecule has 0 unspecified atom stereocenters. The zero-order chi connectivity index (χ0) is 26.2. The fourth-order valence-electron chi connectivity index (χ4n) is 3.40. The van der Waals surface area contributed by atoms with Crippen LogP contribution in [0, 0.1) is 11.3 Å². The standard InChI is InChI=1S/C27H20N4O6/c28-14-19-13-18(11-12-23(19)32)25(33)30-31-26(34)24-22(21(15-36-24)17-7-3-1-4-8-17)16-37-27(35)29-20-9-5-2-6-10-20/h1-13,15,32H,16H2,(H,29,35)(H,30,33)(H,31,34). The molecule has 4 aromatic rings. The molecule has 3 amide bonds. The van der Waals surface area contributed by atoms with Crippen molar-refractivity contribution >= 4 is 23.6 Å². The number of phenols is 1. The molecule has 0 aliphatic carbocycles. The molecule has 4 N–H and O–H groups in total. The lowest BCUT2D eigenvalue weighted by Crippen LogP contribution is -2.41. The smallest absolute Gasteiger partial charge is 0.411 e. The lowest BCUT2D eigenvalue weighted by Gasteiger charge is -2.10. The first kappa shape index (κ1) is 24.6. The third-order valence-electron chi connectivity index (χ3n) is 5.22. The van der Waals surface area contributed by atoms with E-state index in [9.17, 15) is 19.5 Å². The fraction of sp³-hybridized carbons (Fsp3) is 0.0370. The second-order valence-electron chi connectivity index (χ2n) is 7.64. The summed E-state index contributed by atoms with van der Waals surface area (Å²) in [5, 5.41) is 21.2. The molecule has 0 saturated heterocycles. The molecule has 3 aromatic carbocycles. The first-order valence-electron chi connectivity index (χ1n) is 10.9. The van der Waals surface area contributed by atoms with Crippen molar-refractivity contribution in [3.8, 4) is 22.9 Å². The van der Waals surface area contributed by atoms with Crippen LogP contribution < -0.4 is 16.2 Å². The van der Waals surface area contributed by atoms with Crippen LogP contribution in [0.25, 0.3) is 11.1 Å². The number of hydrazine groups is 1. The molecule has 0 saturated carbocycles. The molecule has 10 heteroatoms. The van der Waals surface area contributed by atoms with Crippen LogP contribution in [-0.2, 0) is 11.3 Å². The minimum Gasteiger partial charge on any atom is -0.507 e. The maximum atomic E-state index is 12.9. The second-order valence-corrected chi connectivity index (χ2v) is 7.64. The number of nitrogens with zero attached hydrogens (tertiary/aromatic N) is 1. The number of anilines is 1. The third-order valence-corrected chi connectivity index (χ3v) is 5.22. The summed E-state index contributed by atoms with van der Waals surface area (Å²) in [6.45, 7) is -0.292. The molecule has 0 radical (unpaired) electrons. The second kappa shape index (κ2) is 11.2. The van der Waals surface area contributed by atoms with E-state index in [1.165, 1.54) is 24.5 Å². The molecule has 0 bridgehead atoms. The Labute approximate surface area is 211 Å². The third kappa shape index (κ3) is 5.93. The van der Waals surface area contributed by atoms with Gasteiger partial charge in [0.25, 0.3) is 5.91 Å². The number of carbonyl (C=O) groups is 3. The largest absolute Gasteiger partial charge is 0.507 e. The Morgan fingerprint density at radius 3 is 2.30 bits per heavy atom.